The minimum atomic E-state index is -0.566. The van der Waals surface area contributed by atoms with Gasteiger partial charge in [-0.25, -0.2) is 4.39 Å². The minimum absolute atomic E-state index is 0.111. The first kappa shape index (κ1) is 15.8. The summed E-state index contributed by atoms with van der Waals surface area (Å²) in [6.07, 6.45) is 11.9. The Hall–Kier alpha value is -0.110. The number of aliphatic hydroxyl groups is 1. The summed E-state index contributed by atoms with van der Waals surface area (Å²) in [5, 5.41) is 9.63. The van der Waals surface area contributed by atoms with Crippen molar-refractivity contribution in [2.45, 2.75) is 89.8 Å². The molecule has 0 heterocycles. The molecule has 3 saturated carbocycles. The SMILES string of the molecule is CC1CCC(C2CCC(C3CCC(O)CC3)C(F)C2)CC1. The molecule has 0 bridgehead atoms. The molecule has 0 aromatic heterocycles. The van der Waals surface area contributed by atoms with Gasteiger partial charge in [0.05, 0.1) is 6.10 Å². The van der Waals surface area contributed by atoms with Crippen molar-refractivity contribution in [3.63, 3.8) is 0 Å². The van der Waals surface area contributed by atoms with Crippen LogP contribution in [0.4, 0.5) is 4.39 Å². The van der Waals surface area contributed by atoms with Gasteiger partial charge in [-0.05, 0) is 87.4 Å². The highest BCUT2D eigenvalue weighted by Crippen LogP contribution is 2.46. The fourth-order valence-electron chi connectivity index (χ4n) is 5.42. The maximum absolute atomic E-state index is 14.7. The molecule has 122 valence electrons. The molecule has 3 atom stereocenters. The molecular weight excluding hydrogens is 263 g/mol. The fraction of sp³-hybridized carbons (Fsp3) is 1.00. The van der Waals surface area contributed by atoms with Crippen LogP contribution in [-0.2, 0) is 0 Å². The fourth-order valence-corrected chi connectivity index (χ4v) is 5.42. The third-order valence-corrected chi connectivity index (χ3v) is 6.94. The minimum Gasteiger partial charge on any atom is -0.393 e. The molecule has 2 heteroatoms. The summed E-state index contributed by atoms with van der Waals surface area (Å²) in [4.78, 5) is 0. The Morgan fingerprint density at radius 3 is 1.90 bits per heavy atom. The highest BCUT2D eigenvalue weighted by atomic mass is 19.1. The van der Waals surface area contributed by atoms with Gasteiger partial charge in [0.2, 0.25) is 0 Å². The molecule has 3 unspecified atom stereocenters. The molecule has 3 aliphatic rings. The lowest BCUT2D eigenvalue weighted by molar-refractivity contribution is 0.0195. The van der Waals surface area contributed by atoms with E-state index in [1.165, 1.54) is 32.1 Å². The standard InChI is InChI=1S/C19H33FO/c1-13-2-4-14(5-3-13)16-8-11-18(19(20)12-16)15-6-9-17(21)10-7-15/h13-19,21H,2-12H2,1H3. The second kappa shape index (κ2) is 6.98. The topological polar surface area (TPSA) is 20.2 Å². The molecule has 3 rings (SSSR count). The summed E-state index contributed by atoms with van der Waals surface area (Å²) in [5.41, 5.74) is 0. The normalized spacial score (nSPS) is 49.0. The van der Waals surface area contributed by atoms with Crippen molar-refractivity contribution < 1.29 is 9.50 Å². The number of halogens is 1. The van der Waals surface area contributed by atoms with Gasteiger partial charge in [-0.3, -0.25) is 0 Å². The third kappa shape index (κ3) is 3.81. The molecule has 3 fully saturated rings. The van der Waals surface area contributed by atoms with E-state index in [2.05, 4.69) is 6.92 Å². The van der Waals surface area contributed by atoms with Crippen molar-refractivity contribution in [1.82, 2.24) is 0 Å². The first-order valence-corrected chi connectivity index (χ1v) is 9.45. The quantitative estimate of drug-likeness (QED) is 0.750. The third-order valence-electron chi connectivity index (χ3n) is 6.94. The summed E-state index contributed by atoms with van der Waals surface area (Å²) in [5.74, 6) is 3.23. The Kier molecular flexibility index (Phi) is 5.24. The maximum Gasteiger partial charge on any atom is 0.103 e. The van der Waals surface area contributed by atoms with Crippen molar-refractivity contribution >= 4 is 0 Å². The van der Waals surface area contributed by atoms with Crippen LogP contribution in [0, 0.1) is 29.6 Å². The lowest BCUT2D eigenvalue weighted by Crippen LogP contribution is -2.37. The second-order valence-electron chi connectivity index (χ2n) is 8.34. The van der Waals surface area contributed by atoms with Crippen LogP contribution >= 0.6 is 0 Å². The van der Waals surface area contributed by atoms with Crippen LogP contribution in [-0.4, -0.2) is 17.4 Å². The summed E-state index contributed by atoms with van der Waals surface area (Å²) in [6, 6.07) is 0. The predicted molar refractivity (Wildman–Crippen MR) is 84.8 cm³/mol. The van der Waals surface area contributed by atoms with Gasteiger partial charge in [0.1, 0.15) is 6.17 Å². The van der Waals surface area contributed by atoms with Gasteiger partial charge in [0, 0.05) is 0 Å². The molecule has 1 nitrogen and oxygen atoms in total. The van der Waals surface area contributed by atoms with Gasteiger partial charge in [0.15, 0.2) is 0 Å². The largest absolute Gasteiger partial charge is 0.393 e. The van der Waals surface area contributed by atoms with E-state index in [1.807, 2.05) is 0 Å². The predicted octanol–water partition coefficient (Wildman–Crippen LogP) is 5.12. The molecule has 0 aliphatic heterocycles. The van der Waals surface area contributed by atoms with Crippen molar-refractivity contribution in [1.29, 1.82) is 0 Å². The van der Waals surface area contributed by atoms with Crippen LogP contribution in [0.1, 0.15) is 77.6 Å². The Morgan fingerprint density at radius 1 is 0.714 bits per heavy atom. The van der Waals surface area contributed by atoms with Crippen LogP contribution in [0.2, 0.25) is 0 Å². The number of hydrogen-bond donors (Lipinski definition) is 1. The lowest BCUT2D eigenvalue weighted by Gasteiger charge is -2.42. The van der Waals surface area contributed by atoms with Crippen molar-refractivity contribution in [3.8, 4) is 0 Å². The molecule has 3 aliphatic carbocycles. The van der Waals surface area contributed by atoms with Gasteiger partial charge in [-0.15, -0.1) is 0 Å². The van der Waals surface area contributed by atoms with Crippen LogP contribution in [0.3, 0.4) is 0 Å². The van der Waals surface area contributed by atoms with E-state index in [9.17, 15) is 9.50 Å². The number of aliphatic hydroxyl groups excluding tert-OH is 1. The van der Waals surface area contributed by atoms with E-state index in [0.717, 1.165) is 50.4 Å². The zero-order valence-corrected chi connectivity index (χ0v) is 13.6. The van der Waals surface area contributed by atoms with Gasteiger partial charge in [-0.1, -0.05) is 19.8 Å². The molecule has 1 N–H and O–H groups in total. The molecule has 0 aromatic rings. The number of rotatable bonds is 2. The van der Waals surface area contributed by atoms with Crippen LogP contribution < -0.4 is 0 Å². The smallest absolute Gasteiger partial charge is 0.103 e. The first-order chi connectivity index (χ1) is 10.1. The average molecular weight is 296 g/mol. The Labute approximate surface area is 129 Å². The Morgan fingerprint density at radius 2 is 1.29 bits per heavy atom. The lowest BCUT2D eigenvalue weighted by atomic mass is 9.65. The maximum atomic E-state index is 14.7. The molecule has 0 spiro atoms. The average Bonchev–Trinajstić information content (AvgIpc) is 2.49. The zero-order chi connectivity index (χ0) is 14.8. The molecule has 0 radical (unpaired) electrons. The van der Waals surface area contributed by atoms with Gasteiger partial charge >= 0.3 is 0 Å². The molecule has 21 heavy (non-hydrogen) atoms. The zero-order valence-electron chi connectivity index (χ0n) is 13.6. The van der Waals surface area contributed by atoms with E-state index in [0.29, 0.717) is 17.8 Å². The molecular formula is C19H33FO. The highest BCUT2D eigenvalue weighted by molar-refractivity contribution is 4.89. The number of hydrogen-bond acceptors (Lipinski definition) is 1. The second-order valence-corrected chi connectivity index (χ2v) is 8.34. The molecule has 0 aromatic carbocycles. The van der Waals surface area contributed by atoms with Crippen LogP contribution in [0.25, 0.3) is 0 Å². The Bertz CT molecular complexity index is 316. The van der Waals surface area contributed by atoms with Crippen LogP contribution in [0.5, 0.6) is 0 Å². The van der Waals surface area contributed by atoms with E-state index in [4.69, 9.17) is 0 Å². The van der Waals surface area contributed by atoms with Crippen molar-refractivity contribution in [2.75, 3.05) is 0 Å². The van der Waals surface area contributed by atoms with E-state index >= 15 is 0 Å². The van der Waals surface area contributed by atoms with Gasteiger partial charge in [-0.2, -0.15) is 0 Å². The number of alkyl halides is 1. The summed E-state index contributed by atoms with van der Waals surface area (Å²) < 4.78 is 14.7. The molecule has 0 amide bonds. The first-order valence-electron chi connectivity index (χ1n) is 9.45. The van der Waals surface area contributed by atoms with Crippen molar-refractivity contribution in [3.05, 3.63) is 0 Å². The van der Waals surface area contributed by atoms with Crippen LogP contribution in [0.15, 0.2) is 0 Å². The van der Waals surface area contributed by atoms with Crippen molar-refractivity contribution in [2.24, 2.45) is 29.6 Å². The summed E-state index contributed by atoms with van der Waals surface area (Å²) in [6.45, 7) is 2.36. The van der Waals surface area contributed by atoms with E-state index < -0.39 is 6.17 Å². The van der Waals surface area contributed by atoms with Gasteiger partial charge < -0.3 is 5.11 Å². The molecule has 0 saturated heterocycles. The summed E-state index contributed by atoms with van der Waals surface area (Å²) in [7, 11) is 0. The monoisotopic (exact) mass is 296 g/mol. The van der Waals surface area contributed by atoms with E-state index in [-0.39, 0.29) is 6.10 Å². The van der Waals surface area contributed by atoms with Gasteiger partial charge in [0.25, 0.3) is 0 Å². The van der Waals surface area contributed by atoms with E-state index in [1.54, 1.807) is 0 Å². The Balaban J connectivity index is 1.50. The highest BCUT2D eigenvalue weighted by Gasteiger charge is 2.39. The summed E-state index contributed by atoms with van der Waals surface area (Å²) >= 11 is 0.